The second-order valence-electron chi connectivity index (χ2n) is 4.72. The van der Waals surface area contributed by atoms with Crippen molar-refractivity contribution in [2.45, 2.75) is 23.3 Å². The lowest BCUT2D eigenvalue weighted by molar-refractivity contribution is -0.124. The zero-order chi connectivity index (χ0) is 14.0. The summed E-state index contributed by atoms with van der Waals surface area (Å²) in [5.41, 5.74) is 4.72. The number of carbonyl (C=O) groups is 1. The number of thioether (sulfide) groups is 1. The van der Waals surface area contributed by atoms with Crippen LogP contribution in [0, 0.1) is 17.6 Å². The Kier molecular flexibility index (Phi) is 4.10. The molecular weight excluding hydrogens is 270 g/mol. The summed E-state index contributed by atoms with van der Waals surface area (Å²) in [6.07, 6.45) is 1.92. The van der Waals surface area contributed by atoms with Crippen LogP contribution in [0.15, 0.2) is 23.1 Å². The predicted molar refractivity (Wildman–Crippen MR) is 70.8 cm³/mol. The van der Waals surface area contributed by atoms with Crippen LogP contribution in [0.5, 0.6) is 0 Å². The largest absolute Gasteiger partial charge is 0.368 e. The first-order chi connectivity index (χ1) is 8.99. The van der Waals surface area contributed by atoms with Gasteiger partial charge in [-0.15, -0.1) is 11.8 Å². The van der Waals surface area contributed by atoms with E-state index in [0.29, 0.717) is 10.6 Å². The molecule has 0 heterocycles. The van der Waals surface area contributed by atoms with Crippen LogP contribution in [0.25, 0.3) is 0 Å². The van der Waals surface area contributed by atoms with Crippen molar-refractivity contribution in [3.8, 4) is 0 Å². The van der Waals surface area contributed by atoms with Crippen molar-refractivity contribution in [1.29, 1.82) is 0 Å². The highest BCUT2D eigenvalue weighted by atomic mass is 32.2. The predicted octanol–water partition coefficient (Wildman–Crippen LogP) is 1.91. The molecule has 2 rings (SSSR count). The zero-order valence-electron chi connectivity index (χ0n) is 10.6. The Bertz CT molecular complexity index is 494. The first-order valence-electron chi connectivity index (χ1n) is 6.06. The van der Waals surface area contributed by atoms with Gasteiger partial charge in [-0.1, -0.05) is 0 Å². The molecule has 1 unspecified atom stereocenters. The van der Waals surface area contributed by atoms with Gasteiger partial charge in [-0.05, 0) is 44.0 Å². The molecule has 3 N–H and O–H groups in total. The number of carbonyl (C=O) groups excluding carboxylic acids is 1. The summed E-state index contributed by atoms with van der Waals surface area (Å²) in [5, 5.41) is 3.01. The van der Waals surface area contributed by atoms with Gasteiger partial charge in [0.25, 0.3) is 0 Å². The molecule has 3 nitrogen and oxygen atoms in total. The number of nitrogens with one attached hydrogen (secondary N) is 1. The highest BCUT2D eigenvalue weighted by molar-refractivity contribution is 7.99. The van der Waals surface area contributed by atoms with Crippen molar-refractivity contribution >= 4 is 17.7 Å². The Morgan fingerprint density at radius 2 is 2.16 bits per heavy atom. The third kappa shape index (κ3) is 2.90. The van der Waals surface area contributed by atoms with Crippen LogP contribution in [0.2, 0.25) is 0 Å². The molecule has 1 aromatic rings. The standard InChI is InChI=1S/C13H16F2N2OS/c1-17-13(12(16)18,8-2-3-8)7-19-9-4-5-10(14)11(15)6-9/h4-6,8,17H,2-3,7H2,1H3,(H2,16,18). The molecule has 0 saturated heterocycles. The van der Waals surface area contributed by atoms with E-state index in [2.05, 4.69) is 5.32 Å². The molecule has 1 aliphatic carbocycles. The summed E-state index contributed by atoms with van der Waals surface area (Å²) in [6.45, 7) is 0. The normalized spacial score (nSPS) is 18.1. The van der Waals surface area contributed by atoms with Crippen molar-refractivity contribution in [2.75, 3.05) is 12.8 Å². The SMILES string of the molecule is CNC(CSc1ccc(F)c(F)c1)(C(N)=O)C1CC1. The molecule has 1 aliphatic rings. The van der Waals surface area contributed by atoms with E-state index in [1.807, 2.05) is 0 Å². The molecule has 0 aliphatic heterocycles. The maximum Gasteiger partial charge on any atom is 0.238 e. The van der Waals surface area contributed by atoms with E-state index < -0.39 is 23.1 Å². The average molecular weight is 286 g/mol. The van der Waals surface area contributed by atoms with Crippen LogP contribution >= 0.6 is 11.8 Å². The third-order valence-electron chi connectivity index (χ3n) is 3.52. The molecule has 1 fully saturated rings. The van der Waals surface area contributed by atoms with Crippen molar-refractivity contribution in [2.24, 2.45) is 11.7 Å². The number of hydrogen-bond donors (Lipinski definition) is 2. The van der Waals surface area contributed by atoms with Gasteiger partial charge in [0.1, 0.15) is 5.54 Å². The van der Waals surface area contributed by atoms with Crippen LogP contribution in [0.1, 0.15) is 12.8 Å². The first-order valence-corrected chi connectivity index (χ1v) is 7.05. The Balaban J connectivity index is 2.10. The van der Waals surface area contributed by atoms with Crippen LogP contribution in [0.3, 0.4) is 0 Å². The molecular formula is C13H16F2N2OS. The number of nitrogens with two attached hydrogens (primary N) is 1. The van der Waals surface area contributed by atoms with Gasteiger partial charge >= 0.3 is 0 Å². The van der Waals surface area contributed by atoms with Gasteiger partial charge in [0.15, 0.2) is 11.6 Å². The average Bonchev–Trinajstić information content (AvgIpc) is 3.19. The Labute approximate surface area is 114 Å². The number of rotatable bonds is 6. The minimum absolute atomic E-state index is 0.229. The van der Waals surface area contributed by atoms with Crippen molar-refractivity contribution in [3.63, 3.8) is 0 Å². The number of amides is 1. The highest BCUT2D eigenvalue weighted by Crippen LogP contribution is 2.42. The number of benzene rings is 1. The molecule has 0 spiro atoms. The van der Waals surface area contributed by atoms with Gasteiger partial charge in [-0.2, -0.15) is 0 Å². The topological polar surface area (TPSA) is 55.1 Å². The summed E-state index contributed by atoms with van der Waals surface area (Å²) in [6, 6.07) is 3.71. The number of likely N-dealkylation sites (N-methyl/N-ethyl adjacent to an activating group) is 1. The Hall–Kier alpha value is -1.14. The quantitative estimate of drug-likeness (QED) is 0.785. The van der Waals surface area contributed by atoms with Crippen molar-refractivity contribution < 1.29 is 13.6 Å². The lowest BCUT2D eigenvalue weighted by atomic mass is 9.95. The van der Waals surface area contributed by atoms with E-state index in [1.165, 1.54) is 17.8 Å². The van der Waals surface area contributed by atoms with Crippen LogP contribution in [-0.2, 0) is 4.79 Å². The summed E-state index contributed by atoms with van der Waals surface area (Å²) < 4.78 is 25.9. The van der Waals surface area contributed by atoms with Crippen LogP contribution in [0.4, 0.5) is 8.78 Å². The number of halogens is 2. The third-order valence-corrected chi connectivity index (χ3v) is 4.70. The number of primary amides is 1. The van der Waals surface area contributed by atoms with Gasteiger partial charge < -0.3 is 11.1 Å². The van der Waals surface area contributed by atoms with E-state index in [9.17, 15) is 13.6 Å². The summed E-state index contributed by atoms with van der Waals surface area (Å²) in [5.74, 6) is -1.51. The zero-order valence-corrected chi connectivity index (χ0v) is 11.4. The van der Waals surface area contributed by atoms with Gasteiger partial charge in [-0.25, -0.2) is 8.78 Å². The van der Waals surface area contributed by atoms with E-state index >= 15 is 0 Å². The van der Waals surface area contributed by atoms with E-state index in [0.717, 1.165) is 25.0 Å². The van der Waals surface area contributed by atoms with Gasteiger partial charge in [0.2, 0.25) is 5.91 Å². The fraction of sp³-hybridized carbons (Fsp3) is 0.462. The smallest absolute Gasteiger partial charge is 0.238 e. The second-order valence-corrected chi connectivity index (χ2v) is 5.77. The maximum absolute atomic E-state index is 13.1. The lowest BCUT2D eigenvalue weighted by Gasteiger charge is -2.30. The number of hydrogen-bond acceptors (Lipinski definition) is 3. The monoisotopic (exact) mass is 286 g/mol. The van der Waals surface area contributed by atoms with E-state index in [4.69, 9.17) is 5.73 Å². The van der Waals surface area contributed by atoms with Crippen molar-refractivity contribution in [3.05, 3.63) is 29.8 Å². The Morgan fingerprint density at radius 1 is 1.47 bits per heavy atom. The molecule has 1 saturated carbocycles. The fourth-order valence-corrected chi connectivity index (χ4v) is 3.40. The first kappa shape index (κ1) is 14.3. The minimum Gasteiger partial charge on any atom is -0.368 e. The molecule has 6 heteroatoms. The molecule has 1 aromatic carbocycles. The molecule has 104 valence electrons. The summed E-state index contributed by atoms with van der Waals surface area (Å²) in [7, 11) is 1.70. The molecule has 0 radical (unpaired) electrons. The van der Waals surface area contributed by atoms with Gasteiger partial charge in [-0.3, -0.25) is 4.79 Å². The molecule has 0 aromatic heterocycles. The molecule has 0 bridgehead atoms. The fourth-order valence-electron chi connectivity index (χ4n) is 2.13. The van der Waals surface area contributed by atoms with Gasteiger partial charge in [0.05, 0.1) is 0 Å². The van der Waals surface area contributed by atoms with E-state index in [-0.39, 0.29) is 5.92 Å². The van der Waals surface area contributed by atoms with Gasteiger partial charge in [0, 0.05) is 10.6 Å². The minimum atomic E-state index is -0.884. The molecule has 1 atom stereocenters. The second kappa shape index (κ2) is 5.46. The van der Waals surface area contributed by atoms with Crippen LogP contribution in [-0.4, -0.2) is 24.2 Å². The van der Waals surface area contributed by atoms with E-state index in [1.54, 1.807) is 7.05 Å². The molecule has 19 heavy (non-hydrogen) atoms. The van der Waals surface area contributed by atoms with Crippen LogP contribution < -0.4 is 11.1 Å². The maximum atomic E-state index is 13.1. The Morgan fingerprint density at radius 3 is 2.63 bits per heavy atom. The molecule has 1 amide bonds. The summed E-state index contributed by atoms with van der Waals surface area (Å²) in [4.78, 5) is 12.3. The van der Waals surface area contributed by atoms with Crippen molar-refractivity contribution in [1.82, 2.24) is 5.32 Å². The summed E-state index contributed by atoms with van der Waals surface area (Å²) >= 11 is 1.30. The highest BCUT2D eigenvalue weighted by Gasteiger charge is 2.48. The lowest BCUT2D eigenvalue weighted by Crippen LogP contribution is -2.57.